The third kappa shape index (κ3) is 4.56. The van der Waals surface area contributed by atoms with E-state index in [1.807, 2.05) is 0 Å². The first kappa shape index (κ1) is 17.0. The normalized spacial score (nSPS) is 11.8. The van der Waals surface area contributed by atoms with Crippen LogP contribution < -0.4 is 10.1 Å². The molecular weight excluding hydrogens is 368 g/mol. The number of carbonyl (C=O) groups excluding carboxylic acids is 1. The summed E-state index contributed by atoms with van der Waals surface area (Å²) in [5, 5.41) is 15.0. The van der Waals surface area contributed by atoms with Crippen LogP contribution in [0, 0.1) is 6.92 Å². The Balaban J connectivity index is 2.02. The van der Waals surface area contributed by atoms with Crippen molar-refractivity contribution >= 4 is 27.8 Å². The number of halogens is 1. The van der Waals surface area contributed by atoms with Crippen molar-refractivity contribution in [3.8, 4) is 5.75 Å². The molecule has 2 aromatic rings. The van der Waals surface area contributed by atoms with Crippen LogP contribution in [0.3, 0.4) is 0 Å². The molecule has 23 heavy (non-hydrogen) atoms. The Labute approximate surface area is 140 Å². The van der Waals surface area contributed by atoms with Gasteiger partial charge in [-0.25, -0.2) is 0 Å². The molecule has 0 spiro atoms. The first-order valence-corrected chi connectivity index (χ1v) is 7.54. The molecule has 0 aliphatic carbocycles. The number of rotatable bonds is 6. The first-order valence-electron chi connectivity index (χ1n) is 6.75. The van der Waals surface area contributed by atoms with Gasteiger partial charge in [-0.2, -0.15) is 0 Å². The van der Waals surface area contributed by atoms with Gasteiger partial charge in [-0.15, -0.1) is 0 Å². The number of hydrogen-bond acceptors (Lipinski definition) is 5. The van der Waals surface area contributed by atoms with E-state index in [-0.39, 0.29) is 6.61 Å². The fraction of sp³-hybridized carbons (Fsp3) is 0.267. The van der Waals surface area contributed by atoms with E-state index in [0.29, 0.717) is 27.2 Å². The number of benzene rings is 1. The lowest BCUT2D eigenvalue weighted by atomic mass is 10.2. The zero-order chi connectivity index (χ0) is 17.0. The Morgan fingerprint density at radius 2 is 2.17 bits per heavy atom. The third-order valence-electron chi connectivity index (χ3n) is 2.96. The number of carboxylic acids is 1. The molecule has 2 N–H and O–H groups in total. The molecule has 0 saturated carbocycles. The number of nitrogens with zero attached hydrogens (tertiary/aromatic N) is 1. The lowest BCUT2D eigenvalue weighted by molar-refractivity contribution is -0.138. The average Bonchev–Trinajstić information content (AvgIpc) is 2.91. The summed E-state index contributed by atoms with van der Waals surface area (Å²) in [6, 6.07) is 5.54. The summed E-state index contributed by atoms with van der Waals surface area (Å²) in [6.45, 7) is 3.42. The molecule has 0 aliphatic rings. The Hall–Kier alpha value is -2.35. The van der Waals surface area contributed by atoms with Crippen LogP contribution in [0.1, 0.15) is 28.7 Å². The van der Waals surface area contributed by atoms with Crippen LogP contribution in [-0.2, 0) is 11.4 Å². The minimum absolute atomic E-state index is 0.234. The van der Waals surface area contributed by atoms with Crippen molar-refractivity contribution in [3.05, 3.63) is 45.8 Å². The van der Waals surface area contributed by atoms with Crippen molar-refractivity contribution in [2.75, 3.05) is 0 Å². The number of nitrogens with one attached hydrogen (secondary N) is 1. The molecule has 7 nitrogen and oxygen atoms in total. The second kappa shape index (κ2) is 7.28. The number of amides is 1. The van der Waals surface area contributed by atoms with Gasteiger partial charge in [-0.05, 0) is 48.0 Å². The van der Waals surface area contributed by atoms with Crippen LogP contribution in [-0.4, -0.2) is 28.2 Å². The van der Waals surface area contributed by atoms with Gasteiger partial charge in [-0.3, -0.25) is 9.59 Å². The van der Waals surface area contributed by atoms with Gasteiger partial charge in [0, 0.05) is 11.6 Å². The monoisotopic (exact) mass is 382 g/mol. The van der Waals surface area contributed by atoms with Gasteiger partial charge in [-0.1, -0.05) is 5.16 Å². The van der Waals surface area contributed by atoms with E-state index < -0.39 is 17.9 Å². The fourth-order valence-electron chi connectivity index (χ4n) is 1.74. The number of aliphatic carboxylic acids is 1. The van der Waals surface area contributed by atoms with Crippen LogP contribution in [0.2, 0.25) is 0 Å². The van der Waals surface area contributed by atoms with Gasteiger partial charge >= 0.3 is 5.97 Å². The van der Waals surface area contributed by atoms with Gasteiger partial charge in [0.2, 0.25) is 0 Å². The largest absolute Gasteiger partial charge is 0.486 e. The maximum absolute atomic E-state index is 11.9. The van der Waals surface area contributed by atoms with E-state index in [2.05, 4.69) is 26.4 Å². The zero-order valence-corrected chi connectivity index (χ0v) is 14.1. The molecule has 1 heterocycles. The predicted molar refractivity (Wildman–Crippen MR) is 84.3 cm³/mol. The van der Waals surface area contributed by atoms with Crippen LogP contribution in [0.5, 0.6) is 5.75 Å². The molecule has 2 rings (SSSR count). The molecule has 0 bridgehead atoms. The lowest BCUT2D eigenvalue weighted by Gasteiger charge is -2.11. The van der Waals surface area contributed by atoms with Crippen molar-refractivity contribution in [2.45, 2.75) is 26.5 Å². The van der Waals surface area contributed by atoms with Crippen molar-refractivity contribution in [2.24, 2.45) is 0 Å². The molecule has 1 amide bonds. The molecule has 0 unspecified atom stereocenters. The summed E-state index contributed by atoms with van der Waals surface area (Å²) in [6.07, 6.45) is 0. The molecular formula is C15H15BrN2O5. The Kier molecular flexibility index (Phi) is 5.38. The third-order valence-corrected chi connectivity index (χ3v) is 3.58. The lowest BCUT2D eigenvalue weighted by Crippen LogP contribution is -2.38. The minimum Gasteiger partial charge on any atom is -0.486 e. The van der Waals surface area contributed by atoms with E-state index in [0.717, 1.165) is 0 Å². The minimum atomic E-state index is -1.10. The SMILES string of the molecule is Cc1cc(COc2ccc(C(=O)N[C@H](C)C(=O)O)cc2Br)no1. The summed E-state index contributed by atoms with van der Waals surface area (Å²) in [4.78, 5) is 22.7. The number of carboxylic acid groups (broad SMARTS) is 1. The number of carbonyl (C=O) groups is 2. The average molecular weight is 383 g/mol. The molecule has 1 aromatic heterocycles. The van der Waals surface area contributed by atoms with Gasteiger partial charge in [0.05, 0.1) is 4.47 Å². The summed E-state index contributed by atoms with van der Waals surface area (Å²) >= 11 is 3.32. The molecule has 122 valence electrons. The highest BCUT2D eigenvalue weighted by Crippen LogP contribution is 2.27. The summed E-state index contributed by atoms with van der Waals surface area (Å²) in [5.41, 5.74) is 0.987. The second-order valence-electron chi connectivity index (χ2n) is 4.90. The zero-order valence-electron chi connectivity index (χ0n) is 12.5. The van der Waals surface area contributed by atoms with Gasteiger partial charge in [0.1, 0.15) is 29.9 Å². The second-order valence-corrected chi connectivity index (χ2v) is 5.75. The van der Waals surface area contributed by atoms with E-state index in [1.165, 1.54) is 6.92 Å². The highest BCUT2D eigenvalue weighted by atomic mass is 79.9. The quantitative estimate of drug-likeness (QED) is 0.795. The summed E-state index contributed by atoms with van der Waals surface area (Å²) < 4.78 is 11.1. The van der Waals surface area contributed by atoms with E-state index in [4.69, 9.17) is 14.4 Å². The molecule has 0 fully saturated rings. The Morgan fingerprint density at radius 1 is 1.43 bits per heavy atom. The number of ether oxygens (including phenoxy) is 1. The topological polar surface area (TPSA) is 102 Å². The Morgan fingerprint density at radius 3 is 2.74 bits per heavy atom. The highest BCUT2D eigenvalue weighted by Gasteiger charge is 2.16. The maximum Gasteiger partial charge on any atom is 0.325 e. The molecule has 1 atom stereocenters. The van der Waals surface area contributed by atoms with Crippen molar-refractivity contribution in [1.29, 1.82) is 0 Å². The predicted octanol–water partition coefficient (Wildman–Crippen LogP) is 2.53. The molecule has 0 saturated heterocycles. The number of aryl methyl sites for hydroxylation is 1. The van der Waals surface area contributed by atoms with Crippen LogP contribution in [0.4, 0.5) is 0 Å². The molecule has 8 heteroatoms. The standard InChI is InChI=1S/C15H15BrN2O5/c1-8-5-11(18-23-8)7-22-13-4-3-10(6-12(13)16)14(19)17-9(2)15(20)21/h3-6,9H,7H2,1-2H3,(H,17,19)(H,20,21)/t9-/m1/s1. The van der Waals surface area contributed by atoms with E-state index >= 15 is 0 Å². The van der Waals surface area contributed by atoms with Crippen LogP contribution in [0.25, 0.3) is 0 Å². The Bertz CT molecular complexity index is 728. The van der Waals surface area contributed by atoms with Gasteiger partial charge < -0.3 is 19.7 Å². The first-order chi connectivity index (χ1) is 10.9. The molecule has 1 aromatic carbocycles. The smallest absolute Gasteiger partial charge is 0.325 e. The number of aromatic nitrogens is 1. The van der Waals surface area contributed by atoms with Crippen molar-refractivity contribution in [1.82, 2.24) is 10.5 Å². The highest BCUT2D eigenvalue weighted by molar-refractivity contribution is 9.10. The number of hydrogen-bond donors (Lipinski definition) is 2. The van der Waals surface area contributed by atoms with Crippen LogP contribution >= 0.6 is 15.9 Å². The van der Waals surface area contributed by atoms with Crippen LogP contribution in [0.15, 0.2) is 33.3 Å². The summed E-state index contributed by atoms with van der Waals surface area (Å²) in [5.74, 6) is -0.338. The molecule has 0 aliphatic heterocycles. The molecule has 0 radical (unpaired) electrons. The van der Waals surface area contributed by atoms with Crippen molar-refractivity contribution < 1.29 is 24.0 Å². The maximum atomic E-state index is 11.9. The van der Waals surface area contributed by atoms with E-state index in [1.54, 1.807) is 31.2 Å². The fourth-order valence-corrected chi connectivity index (χ4v) is 2.23. The van der Waals surface area contributed by atoms with Gasteiger partial charge in [0.25, 0.3) is 5.91 Å². The van der Waals surface area contributed by atoms with Gasteiger partial charge in [0.15, 0.2) is 0 Å². The van der Waals surface area contributed by atoms with E-state index in [9.17, 15) is 9.59 Å². The summed E-state index contributed by atoms with van der Waals surface area (Å²) in [7, 11) is 0. The van der Waals surface area contributed by atoms with Crippen molar-refractivity contribution in [3.63, 3.8) is 0 Å².